The molecule has 0 spiro atoms. The van der Waals surface area contributed by atoms with Gasteiger partial charge in [-0.05, 0) is 18.4 Å². The van der Waals surface area contributed by atoms with Gasteiger partial charge in [0.2, 0.25) is 11.8 Å². The summed E-state index contributed by atoms with van der Waals surface area (Å²) in [4.78, 5) is 33.6. The average molecular weight is 217 g/mol. The summed E-state index contributed by atoms with van der Waals surface area (Å²) in [6, 6.07) is -0.976. The van der Waals surface area contributed by atoms with Crippen LogP contribution in [0.25, 0.3) is 0 Å². The van der Waals surface area contributed by atoms with Gasteiger partial charge in [-0.3, -0.25) is 14.5 Å². The average Bonchev–Trinajstić information content (AvgIpc) is 2.11. The number of carboxylic acid groups (broad SMARTS) is 1. The molecule has 14 heavy (non-hydrogen) atoms. The lowest BCUT2D eigenvalue weighted by Gasteiger charge is -2.33. The van der Waals surface area contributed by atoms with Crippen molar-refractivity contribution in [3.8, 4) is 0 Å². The number of carbonyl (C=O) groups is 3. The Bertz CT molecular complexity index is 265. The zero-order valence-electron chi connectivity index (χ0n) is 7.73. The normalized spacial score (nSPS) is 17.9. The maximum Gasteiger partial charge on any atom is 0.326 e. The lowest BCUT2D eigenvalue weighted by molar-refractivity contribution is -0.167. The van der Waals surface area contributed by atoms with E-state index in [1.54, 1.807) is 0 Å². The fourth-order valence-electron chi connectivity index (χ4n) is 1.29. The number of likely N-dealkylation sites (tertiary alicyclic amines) is 1. The summed E-state index contributed by atoms with van der Waals surface area (Å²) in [5.74, 6) is -1.26. The van der Waals surface area contributed by atoms with Crippen molar-refractivity contribution in [3.63, 3.8) is 0 Å². The standard InChI is InChI=1S/C8H11NO4S/c1-14-3-2-5(8(12)13)9-6(10)4-7(9)11/h5H,2-4H2,1H3,(H,12,13)/t5-/m1/s1. The molecule has 1 heterocycles. The molecule has 0 aromatic rings. The van der Waals surface area contributed by atoms with Gasteiger partial charge in [-0.1, -0.05) is 0 Å². The number of β-lactam (4-membered cyclic amide) rings is 2. The van der Waals surface area contributed by atoms with Gasteiger partial charge < -0.3 is 5.11 Å². The molecule has 0 aliphatic carbocycles. The van der Waals surface area contributed by atoms with E-state index in [-0.39, 0.29) is 18.2 Å². The van der Waals surface area contributed by atoms with E-state index in [4.69, 9.17) is 5.11 Å². The van der Waals surface area contributed by atoms with E-state index in [2.05, 4.69) is 0 Å². The van der Waals surface area contributed by atoms with Gasteiger partial charge in [-0.25, -0.2) is 4.79 Å². The second-order valence-electron chi connectivity index (χ2n) is 2.97. The summed E-state index contributed by atoms with van der Waals surface area (Å²) in [6.07, 6.45) is 2.01. The number of imide groups is 1. The Labute approximate surface area is 85.4 Å². The predicted molar refractivity (Wildman–Crippen MR) is 50.9 cm³/mol. The van der Waals surface area contributed by atoms with E-state index in [9.17, 15) is 14.4 Å². The Morgan fingerprint density at radius 1 is 1.57 bits per heavy atom. The smallest absolute Gasteiger partial charge is 0.326 e. The third kappa shape index (κ3) is 2.06. The molecule has 1 atom stereocenters. The van der Waals surface area contributed by atoms with E-state index >= 15 is 0 Å². The molecule has 0 unspecified atom stereocenters. The highest BCUT2D eigenvalue weighted by molar-refractivity contribution is 7.98. The van der Waals surface area contributed by atoms with Gasteiger partial charge in [0.05, 0.1) is 0 Å². The zero-order valence-corrected chi connectivity index (χ0v) is 8.54. The molecule has 1 fully saturated rings. The maximum atomic E-state index is 11.0. The van der Waals surface area contributed by atoms with Crippen LogP contribution in [0.2, 0.25) is 0 Å². The molecule has 1 aliphatic heterocycles. The van der Waals surface area contributed by atoms with Crippen molar-refractivity contribution < 1.29 is 19.5 Å². The number of hydrogen-bond acceptors (Lipinski definition) is 4. The van der Waals surface area contributed by atoms with Crippen LogP contribution in [0.3, 0.4) is 0 Å². The molecule has 6 heteroatoms. The number of carbonyl (C=O) groups excluding carboxylic acids is 2. The largest absolute Gasteiger partial charge is 0.480 e. The maximum absolute atomic E-state index is 11.0. The SMILES string of the molecule is CSCC[C@H](C(=O)O)N1C(=O)CC1=O. The first kappa shape index (κ1) is 11.0. The fourth-order valence-corrected chi connectivity index (χ4v) is 1.75. The number of carboxylic acids is 1. The molecule has 5 nitrogen and oxygen atoms in total. The van der Waals surface area contributed by atoms with Crippen molar-refractivity contribution in [2.45, 2.75) is 18.9 Å². The van der Waals surface area contributed by atoms with E-state index in [1.165, 1.54) is 11.8 Å². The van der Waals surface area contributed by atoms with Crippen molar-refractivity contribution in [1.29, 1.82) is 0 Å². The molecular weight excluding hydrogens is 206 g/mol. The molecule has 0 radical (unpaired) electrons. The molecule has 0 aromatic heterocycles. The summed E-state index contributed by atoms with van der Waals surface area (Å²) in [7, 11) is 0. The molecule has 0 aromatic carbocycles. The predicted octanol–water partition coefficient (Wildman–Crippen LogP) is -0.0484. The highest BCUT2D eigenvalue weighted by Gasteiger charge is 2.42. The Morgan fingerprint density at radius 3 is 2.50 bits per heavy atom. The lowest BCUT2D eigenvalue weighted by Crippen LogP contribution is -2.57. The van der Waals surface area contributed by atoms with Gasteiger partial charge in [-0.2, -0.15) is 11.8 Å². The number of rotatable bonds is 5. The molecule has 78 valence electrons. The molecule has 1 saturated heterocycles. The minimum atomic E-state index is -1.11. The highest BCUT2D eigenvalue weighted by Crippen LogP contribution is 2.19. The molecule has 1 rings (SSSR count). The van der Waals surface area contributed by atoms with Crippen LogP contribution >= 0.6 is 11.8 Å². The number of hydrogen-bond donors (Lipinski definition) is 1. The van der Waals surface area contributed by atoms with Gasteiger partial charge in [0.25, 0.3) is 0 Å². The summed E-state index contributed by atoms with van der Waals surface area (Å²) >= 11 is 1.49. The minimum absolute atomic E-state index is 0.150. The molecular formula is C8H11NO4S. The van der Waals surface area contributed by atoms with E-state index in [0.717, 1.165) is 4.90 Å². The Kier molecular flexibility index (Phi) is 3.51. The summed E-state index contributed by atoms with van der Waals surface area (Å²) in [5.41, 5.74) is 0. The summed E-state index contributed by atoms with van der Waals surface area (Å²) in [6.45, 7) is 0. The van der Waals surface area contributed by atoms with Gasteiger partial charge in [0.15, 0.2) is 0 Å². The van der Waals surface area contributed by atoms with Crippen molar-refractivity contribution in [1.82, 2.24) is 4.90 Å². The Balaban J connectivity index is 2.62. The minimum Gasteiger partial charge on any atom is -0.480 e. The van der Waals surface area contributed by atoms with Crippen molar-refractivity contribution in [2.75, 3.05) is 12.0 Å². The van der Waals surface area contributed by atoms with Crippen LogP contribution in [0.4, 0.5) is 0 Å². The first-order chi connectivity index (χ1) is 6.57. The quantitative estimate of drug-likeness (QED) is 0.516. The topological polar surface area (TPSA) is 74.7 Å². The summed E-state index contributed by atoms with van der Waals surface area (Å²) < 4.78 is 0. The van der Waals surface area contributed by atoms with Crippen molar-refractivity contribution in [2.24, 2.45) is 0 Å². The van der Waals surface area contributed by atoms with Crippen LogP contribution in [0.15, 0.2) is 0 Å². The number of aliphatic carboxylic acids is 1. The number of nitrogens with zero attached hydrogens (tertiary/aromatic N) is 1. The van der Waals surface area contributed by atoms with Crippen LogP contribution in [0, 0.1) is 0 Å². The van der Waals surface area contributed by atoms with Crippen LogP contribution in [0.1, 0.15) is 12.8 Å². The van der Waals surface area contributed by atoms with E-state index in [1.807, 2.05) is 6.26 Å². The van der Waals surface area contributed by atoms with Crippen molar-refractivity contribution >= 4 is 29.5 Å². The van der Waals surface area contributed by atoms with Crippen LogP contribution in [-0.2, 0) is 14.4 Å². The second-order valence-corrected chi connectivity index (χ2v) is 3.96. The lowest BCUT2D eigenvalue weighted by atomic mass is 10.1. The second kappa shape index (κ2) is 4.45. The molecule has 0 saturated carbocycles. The van der Waals surface area contributed by atoms with Gasteiger partial charge in [-0.15, -0.1) is 0 Å². The molecule has 2 amide bonds. The zero-order chi connectivity index (χ0) is 10.7. The third-order valence-electron chi connectivity index (χ3n) is 2.03. The van der Waals surface area contributed by atoms with E-state index < -0.39 is 12.0 Å². The first-order valence-electron chi connectivity index (χ1n) is 4.14. The summed E-state index contributed by atoms with van der Waals surface area (Å²) in [5, 5.41) is 8.82. The van der Waals surface area contributed by atoms with Gasteiger partial charge in [0.1, 0.15) is 12.5 Å². The van der Waals surface area contributed by atoms with Crippen LogP contribution < -0.4 is 0 Å². The van der Waals surface area contributed by atoms with Crippen molar-refractivity contribution in [3.05, 3.63) is 0 Å². The van der Waals surface area contributed by atoms with Crippen LogP contribution in [-0.4, -0.2) is 45.8 Å². The van der Waals surface area contributed by atoms with Gasteiger partial charge in [0, 0.05) is 0 Å². The molecule has 1 N–H and O–H groups in total. The fraction of sp³-hybridized carbons (Fsp3) is 0.625. The Morgan fingerprint density at radius 2 is 2.14 bits per heavy atom. The number of thioether (sulfide) groups is 1. The number of amides is 2. The Hall–Kier alpha value is -1.04. The van der Waals surface area contributed by atoms with Crippen LogP contribution in [0.5, 0.6) is 0 Å². The molecule has 0 bridgehead atoms. The first-order valence-corrected chi connectivity index (χ1v) is 5.54. The van der Waals surface area contributed by atoms with E-state index in [0.29, 0.717) is 12.2 Å². The monoisotopic (exact) mass is 217 g/mol. The molecule has 1 aliphatic rings. The highest BCUT2D eigenvalue weighted by atomic mass is 32.2. The van der Waals surface area contributed by atoms with Gasteiger partial charge >= 0.3 is 5.97 Å². The third-order valence-corrected chi connectivity index (χ3v) is 2.68.